The maximum absolute atomic E-state index is 14.2. The Morgan fingerprint density at radius 2 is 1.82 bits per heavy atom. The molecule has 1 saturated heterocycles. The Morgan fingerprint density at radius 1 is 1.05 bits per heavy atom. The number of nitrogens with zero attached hydrogens (tertiary/aromatic N) is 7. The van der Waals surface area contributed by atoms with Crippen molar-refractivity contribution in [2.45, 2.75) is 53.6 Å². The fraction of sp³-hybridized carbons (Fsp3) is 0.367. The van der Waals surface area contributed by atoms with Gasteiger partial charge in [0.1, 0.15) is 5.82 Å². The zero-order valence-electron chi connectivity index (χ0n) is 23.3. The van der Waals surface area contributed by atoms with E-state index < -0.39 is 0 Å². The minimum absolute atomic E-state index is 0.0764. The first kappa shape index (κ1) is 26.4. The number of anilines is 1. The molecule has 2 aliphatic heterocycles. The topological polar surface area (TPSA) is 89.2 Å². The van der Waals surface area contributed by atoms with Crippen LogP contribution in [0.3, 0.4) is 0 Å². The quantitative estimate of drug-likeness (QED) is 0.341. The summed E-state index contributed by atoms with van der Waals surface area (Å²) in [7, 11) is 0. The first-order chi connectivity index (χ1) is 19.1. The number of pyridine rings is 1. The minimum atomic E-state index is -0.166. The number of halogens is 1. The van der Waals surface area contributed by atoms with Crippen LogP contribution in [0.2, 0.25) is 0 Å². The Hall–Kier alpha value is -3.79. The lowest BCUT2D eigenvalue weighted by molar-refractivity contribution is 0.0652. The molecule has 2 aliphatic rings. The van der Waals surface area contributed by atoms with Crippen LogP contribution in [-0.2, 0) is 13.0 Å². The van der Waals surface area contributed by atoms with E-state index in [-0.39, 0.29) is 24.1 Å². The highest BCUT2D eigenvalue weighted by molar-refractivity contribution is 9.10. The lowest BCUT2D eigenvalue weighted by Crippen LogP contribution is -2.46. The standard InChI is InChI=1S/C30H32BrN7O2/c1-17-14-35(15-17)27-9-7-23(13-32-27)37-29(40)24-12-20(4)36(28(39)22-6-8-25(31)18(2)10-22)16-26(24)33-30(37)38-21(5)11-19(3)34-38/h6-11,13,17,20H,12,14-16H2,1-5H3. The highest BCUT2D eigenvalue weighted by Gasteiger charge is 2.33. The minimum Gasteiger partial charge on any atom is -0.356 e. The number of rotatable bonds is 4. The van der Waals surface area contributed by atoms with Crippen LogP contribution in [0.25, 0.3) is 11.6 Å². The number of aryl methyl sites for hydroxylation is 3. The summed E-state index contributed by atoms with van der Waals surface area (Å²) in [5, 5.41) is 4.65. The van der Waals surface area contributed by atoms with Crippen LogP contribution in [0.15, 0.2) is 51.9 Å². The van der Waals surface area contributed by atoms with Gasteiger partial charge in [-0.25, -0.2) is 19.2 Å². The second-order valence-electron chi connectivity index (χ2n) is 11.2. The third kappa shape index (κ3) is 4.54. The molecule has 10 heteroatoms. The molecular formula is C30H32BrN7O2. The Labute approximate surface area is 241 Å². The van der Waals surface area contributed by atoms with E-state index in [1.54, 1.807) is 20.3 Å². The third-order valence-electron chi connectivity index (χ3n) is 7.84. The van der Waals surface area contributed by atoms with E-state index in [0.717, 1.165) is 40.3 Å². The first-order valence-corrected chi connectivity index (χ1v) is 14.4. The monoisotopic (exact) mass is 601 g/mol. The van der Waals surface area contributed by atoms with Gasteiger partial charge in [0.15, 0.2) is 0 Å². The molecule has 1 fully saturated rings. The largest absolute Gasteiger partial charge is 0.356 e. The second kappa shape index (κ2) is 9.99. The summed E-state index contributed by atoms with van der Waals surface area (Å²) in [6.45, 7) is 12.2. The van der Waals surface area contributed by atoms with Crippen LogP contribution < -0.4 is 10.5 Å². The molecule has 6 rings (SSSR count). The van der Waals surface area contributed by atoms with Gasteiger partial charge in [-0.05, 0) is 82.0 Å². The van der Waals surface area contributed by atoms with Gasteiger partial charge in [-0.3, -0.25) is 9.59 Å². The molecule has 4 aromatic rings. The summed E-state index contributed by atoms with van der Waals surface area (Å²) in [4.78, 5) is 41.5. The summed E-state index contributed by atoms with van der Waals surface area (Å²) < 4.78 is 4.26. The molecule has 3 aromatic heterocycles. The van der Waals surface area contributed by atoms with Gasteiger partial charge in [0.2, 0.25) is 5.95 Å². The van der Waals surface area contributed by atoms with Crippen molar-refractivity contribution in [1.29, 1.82) is 0 Å². The molecule has 1 amide bonds. The van der Waals surface area contributed by atoms with Crippen LogP contribution in [-0.4, -0.2) is 54.3 Å². The van der Waals surface area contributed by atoms with E-state index in [9.17, 15) is 9.59 Å². The van der Waals surface area contributed by atoms with Crippen molar-refractivity contribution in [3.8, 4) is 11.6 Å². The van der Waals surface area contributed by atoms with Gasteiger partial charge >= 0.3 is 0 Å². The Kier molecular flexibility index (Phi) is 6.60. The van der Waals surface area contributed by atoms with E-state index >= 15 is 0 Å². The Balaban J connectivity index is 1.44. The number of carbonyl (C=O) groups excluding carboxylic acids is 1. The molecule has 5 heterocycles. The van der Waals surface area contributed by atoms with Crippen molar-refractivity contribution in [1.82, 2.24) is 29.2 Å². The average molecular weight is 603 g/mol. The molecule has 0 N–H and O–H groups in total. The van der Waals surface area contributed by atoms with Gasteiger partial charge in [0.05, 0.1) is 29.8 Å². The molecule has 40 heavy (non-hydrogen) atoms. The van der Waals surface area contributed by atoms with Crippen molar-refractivity contribution < 1.29 is 4.79 Å². The molecule has 1 aromatic carbocycles. The second-order valence-corrected chi connectivity index (χ2v) is 12.0. The molecule has 1 unspecified atom stereocenters. The Morgan fingerprint density at radius 3 is 2.45 bits per heavy atom. The fourth-order valence-corrected chi connectivity index (χ4v) is 5.90. The molecule has 0 radical (unpaired) electrons. The van der Waals surface area contributed by atoms with E-state index in [1.807, 2.05) is 64.1 Å². The van der Waals surface area contributed by atoms with E-state index in [4.69, 9.17) is 4.98 Å². The van der Waals surface area contributed by atoms with Crippen LogP contribution in [0.4, 0.5) is 5.82 Å². The summed E-state index contributed by atoms with van der Waals surface area (Å²) >= 11 is 3.51. The SMILES string of the molecule is Cc1cc(C)n(-c2nc3c(c(=O)n2-c2ccc(N4CC(C)C4)nc2)CC(C)N(C(=O)c2ccc(Br)c(C)c2)C3)n1. The lowest BCUT2D eigenvalue weighted by Gasteiger charge is -2.38. The zero-order chi connectivity index (χ0) is 28.3. The number of fused-ring (bicyclic) bond motifs is 1. The lowest BCUT2D eigenvalue weighted by atomic mass is 9.98. The molecule has 0 saturated carbocycles. The molecule has 206 valence electrons. The van der Waals surface area contributed by atoms with E-state index in [1.165, 1.54) is 0 Å². The highest BCUT2D eigenvalue weighted by atomic mass is 79.9. The average Bonchev–Trinajstić information content (AvgIpc) is 3.25. The maximum atomic E-state index is 14.2. The van der Waals surface area contributed by atoms with Gasteiger partial charge in [-0.15, -0.1) is 0 Å². The van der Waals surface area contributed by atoms with Crippen molar-refractivity contribution >= 4 is 27.7 Å². The number of aromatic nitrogens is 5. The Bertz CT molecular complexity index is 1690. The summed E-state index contributed by atoms with van der Waals surface area (Å²) in [6.07, 6.45) is 2.15. The molecule has 1 atom stereocenters. The van der Waals surface area contributed by atoms with E-state index in [2.05, 4.69) is 37.8 Å². The van der Waals surface area contributed by atoms with Gasteiger partial charge in [-0.2, -0.15) is 5.10 Å². The predicted octanol–water partition coefficient (Wildman–Crippen LogP) is 4.54. The van der Waals surface area contributed by atoms with Gasteiger partial charge in [0.25, 0.3) is 11.5 Å². The van der Waals surface area contributed by atoms with Crippen molar-refractivity contribution in [2.24, 2.45) is 5.92 Å². The van der Waals surface area contributed by atoms with Crippen LogP contribution in [0, 0.1) is 26.7 Å². The van der Waals surface area contributed by atoms with Crippen LogP contribution >= 0.6 is 15.9 Å². The highest BCUT2D eigenvalue weighted by Crippen LogP contribution is 2.27. The fourth-order valence-electron chi connectivity index (χ4n) is 5.65. The molecule has 9 nitrogen and oxygen atoms in total. The summed E-state index contributed by atoms with van der Waals surface area (Å²) in [6, 6.07) is 11.3. The van der Waals surface area contributed by atoms with Gasteiger partial charge < -0.3 is 9.80 Å². The number of benzene rings is 1. The smallest absolute Gasteiger partial charge is 0.263 e. The van der Waals surface area contributed by atoms with Crippen molar-refractivity contribution in [3.63, 3.8) is 0 Å². The normalized spacial score (nSPS) is 17.1. The third-order valence-corrected chi connectivity index (χ3v) is 8.73. The summed E-state index contributed by atoms with van der Waals surface area (Å²) in [5.41, 5.74) is 5.00. The van der Waals surface area contributed by atoms with Crippen LogP contribution in [0.1, 0.15) is 52.4 Å². The van der Waals surface area contributed by atoms with Crippen LogP contribution in [0.5, 0.6) is 0 Å². The molecule has 0 aliphatic carbocycles. The predicted molar refractivity (Wildman–Crippen MR) is 158 cm³/mol. The van der Waals surface area contributed by atoms with Crippen molar-refractivity contribution in [3.05, 3.63) is 91.2 Å². The van der Waals surface area contributed by atoms with Crippen molar-refractivity contribution in [2.75, 3.05) is 18.0 Å². The number of amides is 1. The first-order valence-electron chi connectivity index (χ1n) is 13.6. The number of hydrogen-bond donors (Lipinski definition) is 0. The summed E-state index contributed by atoms with van der Waals surface area (Å²) in [5.74, 6) is 1.88. The molecule has 0 spiro atoms. The number of hydrogen-bond acceptors (Lipinski definition) is 6. The molecule has 0 bridgehead atoms. The van der Waals surface area contributed by atoms with E-state index in [0.29, 0.717) is 40.8 Å². The van der Waals surface area contributed by atoms with Gasteiger partial charge in [-0.1, -0.05) is 22.9 Å². The molecular weight excluding hydrogens is 570 g/mol. The van der Waals surface area contributed by atoms with Gasteiger partial charge in [0, 0.05) is 40.4 Å². The maximum Gasteiger partial charge on any atom is 0.263 e. The number of carbonyl (C=O) groups is 1. The zero-order valence-corrected chi connectivity index (χ0v) is 24.9.